The van der Waals surface area contributed by atoms with Gasteiger partial charge in [-0.3, -0.25) is 9.36 Å². The Kier molecular flexibility index (Phi) is 6.04. The van der Waals surface area contributed by atoms with Crippen molar-refractivity contribution in [2.75, 3.05) is 5.32 Å². The molecule has 1 aliphatic carbocycles. The molecule has 174 valence electrons. The molecule has 1 aromatic heterocycles. The lowest BCUT2D eigenvalue weighted by Gasteiger charge is -2.34. The van der Waals surface area contributed by atoms with Gasteiger partial charge in [-0.1, -0.05) is 32.0 Å². The van der Waals surface area contributed by atoms with Crippen LogP contribution in [0.5, 0.6) is 0 Å². The van der Waals surface area contributed by atoms with Gasteiger partial charge < -0.3 is 10.4 Å². The maximum absolute atomic E-state index is 13.4. The van der Waals surface area contributed by atoms with Gasteiger partial charge in [-0.15, -0.1) is 0 Å². The molecule has 6 heteroatoms. The fraction of sp³-hybridized carbons (Fsp3) is 0.444. The molecular formula is C27H33N3O3. The van der Waals surface area contributed by atoms with Crippen molar-refractivity contribution in [3.63, 3.8) is 0 Å². The minimum atomic E-state index is -0.978. The van der Waals surface area contributed by atoms with Crippen LogP contribution in [0.3, 0.4) is 0 Å². The number of aromatic nitrogens is 2. The molecule has 1 heterocycles. The lowest BCUT2D eigenvalue weighted by atomic mass is 9.73. The highest BCUT2D eigenvalue weighted by molar-refractivity contribution is 5.94. The normalized spacial score (nSPS) is 17.1. The number of anilines is 1. The third-order valence-electron chi connectivity index (χ3n) is 7.09. The summed E-state index contributed by atoms with van der Waals surface area (Å²) < 4.78 is 1.73. The van der Waals surface area contributed by atoms with Crippen LogP contribution in [0.1, 0.15) is 85.7 Å². The molecule has 0 aliphatic heterocycles. The van der Waals surface area contributed by atoms with Gasteiger partial charge >= 0.3 is 5.97 Å². The van der Waals surface area contributed by atoms with Crippen LogP contribution in [0, 0.1) is 12.3 Å². The van der Waals surface area contributed by atoms with Crippen LogP contribution in [0.15, 0.2) is 41.2 Å². The van der Waals surface area contributed by atoms with Gasteiger partial charge in [-0.25, -0.2) is 9.78 Å². The monoisotopic (exact) mass is 447 g/mol. The molecule has 6 nitrogen and oxygen atoms in total. The third kappa shape index (κ3) is 4.52. The second-order valence-electron chi connectivity index (χ2n) is 10.2. The molecular weight excluding hydrogens is 414 g/mol. The van der Waals surface area contributed by atoms with E-state index in [0.29, 0.717) is 22.0 Å². The molecule has 0 bridgehead atoms. The highest BCUT2D eigenvalue weighted by Gasteiger charge is 2.30. The molecule has 33 heavy (non-hydrogen) atoms. The second-order valence-corrected chi connectivity index (χ2v) is 10.2. The van der Waals surface area contributed by atoms with Crippen LogP contribution in [-0.4, -0.2) is 20.6 Å². The molecule has 3 aromatic rings. The van der Waals surface area contributed by atoms with E-state index in [1.807, 2.05) is 39.1 Å². The first-order chi connectivity index (χ1) is 15.6. The van der Waals surface area contributed by atoms with E-state index in [-0.39, 0.29) is 23.1 Å². The van der Waals surface area contributed by atoms with Gasteiger partial charge in [-0.2, -0.15) is 0 Å². The van der Waals surface area contributed by atoms with E-state index >= 15 is 0 Å². The highest BCUT2D eigenvalue weighted by atomic mass is 16.4. The van der Waals surface area contributed by atoms with Crippen LogP contribution >= 0.6 is 0 Å². The number of carboxylic acids is 1. The first kappa shape index (κ1) is 23.0. The molecule has 1 aliphatic rings. The molecule has 1 fully saturated rings. The maximum atomic E-state index is 13.4. The molecule has 1 saturated carbocycles. The number of aromatic carboxylic acids is 1. The Bertz CT molecular complexity index is 1270. The Balaban J connectivity index is 1.80. The summed E-state index contributed by atoms with van der Waals surface area (Å²) in [7, 11) is 1.83. The number of carboxylic acid groups (broad SMARTS) is 1. The summed E-state index contributed by atoms with van der Waals surface area (Å²) in [5.41, 5.74) is 3.66. The van der Waals surface area contributed by atoms with Gasteiger partial charge in [0, 0.05) is 24.2 Å². The zero-order chi connectivity index (χ0) is 23.9. The predicted octanol–water partition coefficient (Wildman–Crippen LogP) is 5.80. The van der Waals surface area contributed by atoms with E-state index < -0.39 is 5.97 Å². The summed E-state index contributed by atoms with van der Waals surface area (Å²) in [6.07, 6.45) is 4.30. The van der Waals surface area contributed by atoms with Crippen molar-refractivity contribution >= 4 is 22.6 Å². The predicted molar refractivity (Wildman–Crippen MR) is 132 cm³/mol. The highest BCUT2D eigenvalue weighted by Crippen LogP contribution is 2.42. The fourth-order valence-electron chi connectivity index (χ4n) is 5.03. The zero-order valence-corrected chi connectivity index (χ0v) is 20.1. The fourth-order valence-corrected chi connectivity index (χ4v) is 5.03. The van der Waals surface area contributed by atoms with Gasteiger partial charge in [0.1, 0.15) is 5.82 Å². The van der Waals surface area contributed by atoms with Gasteiger partial charge in [0.2, 0.25) is 0 Å². The summed E-state index contributed by atoms with van der Waals surface area (Å²) >= 11 is 0. The van der Waals surface area contributed by atoms with Crippen LogP contribution in [-0.2, 0) is 7.05 Å². The van der Waals surface area contributed by atoms with Crippen molar-refractivity contribution in [3.05, 3.63) is 69.3 Å². The maximum Gasteiger partial charge on any atom is 0.337 e. The summed E-state index contributed by atoms with van der Waals surface area (Å²) in [6.45, 7) is 8.56. The molecule has 4 rings (SSSR count). The first-order valence-electron chi connectivity index (χ1n) is 11.7. The summed E-state index contributed by atoms with van der Waals surface area (Å²) in [5, 5.41) is 13.5. The quantitative estimate of drug-likeness (QED) is 0.517. The van der Waals surface area contributed by atoms with Crippen molar-refractivity contribution in [2.45, 2.75) is 65.3 Å². The largest absolute Gasteiger partial charge is 0.478 e. The van der Waals surface area contributed by atoms with Gasteiger partial charge in [0.25, 0.3) is 5.56 Å². The Labute approximate surface area is 194 Å². The average Bonchev–Trinajstić information content (AvgIpc) is 2.76. The lowest BCUT2D eigenvalue weighted by Crippen LogP contribution is -2.28. The Morgan fingerprint density at radius 2 is 1.88 bits per heavy atom. The molecule has 0 radical (unpaired) electrons. The number of hydrogen-bond acceptors (Lipinski definition) is 4. The van der Waals surface area contributed by atoms with Crippen molar-refractivity contribution in [3.8, 4) is 0 Å². The number of para-hydroxylation sites is 1. The van der Waals surface area contributed by atoms with E-state index in [1.165, 1.54) is 0 Å². The van der Waals surface area contributed by atoms with E-state index in [1.54, 1.807) is 22.8 Å². The molecule has 0 saturated heterocycles. The molecule has 0 spiro atoms. The zero-order valence-electron chi connectivity index (χ0n) is 20.1. The number of carbonyl (C=O) groups is 1. The van der Waals surface area contributed by atoms with Gasteiger partial charge in [-0.05, 0) is 68.7 Å². The third-order valence-corrected chi connectivity index (χ3v) is 7.09. The van der Waals surface area contributed by atoms with E-state index in [4.69, 9.17) is 4.98 Å². The summed E-state index contributed by atoms with van der Waals surface area (Å²) in [5.74, 6) is 0.144. The van der Waals surface area contributed by atoms with Crippen molar-refractivity contribution in [2.24, 2.45) is 12.5 Å². The van der Waals surface area contributed by atoms with Crippen LogP contribution in [0.4, 0.5) is 5.69 Å². The van der Waals surface area contributed by atoms with Gasteiger partial charge in [0.05, 0.1) is 22.5 Å². The smallest absolute Gasteiger partial charge is 0.337 e. The first-order valence-corrected chi connectivity index (χ1v) is 11.7. The number of benzene rings is 2. The number of fused-ring (bicyclic) bond motifs is 1. The van der Waals surface area contributed by atoms with Crippen molar-refractivity contribution < 1.29 is 9.90 Å². The minimum absolute atomic E-state index is 0.0251. The number of rotatable bonds is 5. The number of nitrogens with zero attached hydrogens (tertiary/aromatic N) is 2. The summed E-state index contributed by atoms with van der Waals surface area (Å²) in [4.78, 5) is 30.1. The summed E-state index contributed by atoms with van der Waals surface area (Å²) in [6, 6.07) is 10.6. The number of hydrogen-bond donors (Lipinski definition) is 2. The Morgan fingerprint density at radius 3 is 2.55 bits per heavy atom. The standard InChI is InChI=1S/C27H33N3O3/c1-16-14-20(17(2)28-22-9-7-6-8-19(22)26(32)33)23-21(15-16)25(31)30(5)24(29-23)18-10-12-27(3,4)13-11-18/h6-9,14-15,17-18,28H,10-13H2,1-5H3,(H,32,33). The molecule has 1 atom stereocenters. The average molecular weight is 448 g/mol. The van der Waals surface area contributed by atoms with Crippen LogP contribution in [0.2, 0.25) is 0 Å². The molecule has 2 aromatic carbocycles. The van der Waals surface area contributed by atoms with Crippen molar-refractivity contribution in [1.82, 2.24) is 9.55 Å². The Morgan fingerprint density at radius 1 is 1.21 bits per heavy atom. The Hall–Kier alpha value is -3.15. The van der Waals surface area contributed by atoms with Crippen LogP contribution < -0.4 is 10.9 Å². The van der Waals surface area contributed by atoms with Crippen LogP contribution in [0.25, 0.3) is 10.9 Å². The molecule has 2 N–H and O–H groups in total. The second kappa shape index (κ2) is 8.65. The van der Waals surface area contributed by atoms with E-state index in [0.717, 1.165) is 42.6 Å². The molecule has 0 amide bonds. The van der Waals surface area contributed by atoms with Gasteiger partial charge in [0.15, 0.2) is 0 Å². The lowest BCUT2D eigenvalue weighted by molar-refractivity contribution is 0.0698. The minimum Gasteiger partial charge on any atom is -0.478 e. The number of nitrogens with one attached hydrogen (secondary N) is 1. The number of aryl methyl sites for hydroxylation is 1. The van der Waals surface area contributed by atoms with E-state index in [2.05, 4.69) is 19.2 Å². The van der Waals surface area contributed by atoms with Crippen molar-refractivity contribution in [1.29, 1.82) is 0 Å². The SMILES string of the molecule is Cc1cc(C(C)Nc2ccccc2C(=O)O)c2nc(C3CCC(C)(C)CC3)n(C)c(=O)c2c1. The topological polar surface area (TPSA) is 84.2 Å². The van der Waals surface area contributed by atoms with E-state index in [9.17, 15) is 14.7 Å². The molecule has 1 unspecified atom stereocenters.